The Morgan fingerprint density at radius 3 is 2.42 bits per heavy atom. The van der Waals surface area contributed by atoms with Gasteiger partial charge in [-0.15, -0.1) is 5.73 Å². The Bertz CT molecular complexity index is 275. The molecule has 66 valence electrons. The molecular weight excluding hydrogens is 165 g/mol. The highest BCUT2D eigenvalue weighted by Gasteiger charge is 2.32. The van der Waals surface area contributed by atoms with Gasteiger partial charge in [-0.05, 0) is 18.6 Å². The minimum Gasteiger partial charge on any atom is -0.165 e. The van der Waals surface area contributed by atoms with Crippen molar-refractivity contribution in [1.82, 2.24) is 0 Å². The Morgan fingerprint density at radius 2 is 2.00 bits per heavy atom. The Kier molecular flexibility index (Phi) is 2.16. The minimum atomic E-state index is -4.27. The third-order valence-corrected chi connectivity index (χ3v) is 1.87. The van der Waals surface area contributed by atoms with Crippen molar-refractivity contribution in [3.05, 3.63) is 29.0 Å². The molecule has 0 fully saturated rings. The summed E-state index contributed by atoms with van der Waals surface area (Å²) in [6.45, 7) is 3.49. The van der Waals surface area contributed by atoms with Crippen molar-refractivity contribution in [2.24, 2.45) is 5.92 Å². The number of alkyl halides is 3. The molecule has 1 atom stereocenters. The number of hydrogen-bond acceptors (Lipinski definition) is 0. The van der Waals surface area contributed by atoms with Gasteiger partial charge in [0.15, 0.2) is 0 Å². The largest absolute Gasteiger partial charge is 0.423 e. The van der Waals surface area contributed by atoms with Gasteiger partial charge in [-0.1, -0.05) is 13.0 Å². The predicted octanol–water partition coefficient (Wildman–Crippen LogP) is 3.23. The van der Waals surface area contributed by atoms with Crippen molar-refractivity contribution in [2.45, 2.75) is 20.0 Å². The highest BCUT2D eigenvalue weighted by molar-refractivity contribution is 5.31. The molecule has 12 heavy (non-hydrogen) atoms. The lowest BCUT2D eigenvalue weighted by Crippen LogP contribution is -2.11. The van der Waals surface area contributed by atoms with Crippen molar-refractivity contribution < 1.29 is 13.2 Å². The quantitative estimate of drug-likeness (QED) is 0.494. The highest BCUT2D eigenvalue weighted by Crippen LogP contribution is 2.29. The summed E-state index contributed by atoms with van der Waals surface area (Å²) in [5, 5.41) is 0. The van der Waals surface area contributed by atoms with Crippen LogP contribution >= 0.6 is 0 Å². The average molecular weight is 174 g/mol. The van der Waals surface area contributed by atoms with E-state index >= 15 is 0 Å². The zero-order chi connectivity index (χ0) is 9.35. The average Bonchev–Trinajstić information content (AvgIpc) is 1.92. The van der Waals surface area contributed by atoms with E-state index in [9.17, 15) is 13.2 Å². The highest BCUT2D eigenvalue weighted by atomic mass is 19.4. The van der Waals surface area contributed by atoms with E-state index < -0.39 is 11.7 Å². The van der Waals surface area contributed by atoms with Crippen LogP contribution in [0.1, 0.15) is 13.8 Å². The number of allylic oxidation sites excluding steroid dienone is 3. The van der Waals surface area contributed by atoms with Crippen molar-refractivity contribution >= 4 is 0 Å². The smallest absolute Gasteiger partial charge is 0.165 e. The Hall–Kier alpha value is -0.950. The summed E-state index contributed by atoms with van der Waals surface area (Å²) in [4.78, 5) is 0. The molecule has 1 aliphatic carbocycles. The molecular formula is C9H9F3. The predicted molar refractivity (Wildman–Crippen MR) is 40.6 cm³/mol. The van der Waals surface area contributed by atoms with E-state index in [1.807, 2.05) is 6.92 Å². The van der Waals surface area contributed by atoms with Gasteiger partial charge in [0.2, 0.25) is 0 Å². The molecule has 0 N–H and O–H groups in total. The number of hydrogen-bond donors (Lipinski definition) is 0. The van der Waals surface area contributed by atoms with E-state index in [0.29, 0.717) is 5.57 Å². The molecule has 1 rings (SSSR count). The van der Waals surface area contributed by atoms with Crippen LogP contribution in [-0.4, -0.2) is 6.18 Å². The monoisotopic (exact) mass is 174 g/mol. The first-order chi connectivity index (χ1) is 5.41. The molecule has 0 amide bonds. The van der Waals surface area contributed by atoms with Crippen LogP contribution in [0.25, 0.3) is 0 Å². The maximum absolute atomic E-state index is 12.1. The SMILES string of the molecule is CC1=C=C(C(F)(F)F)C=CC1C. The maximum Gasteiger partial charge on any atom is 0.423 e. The standard InChI is InChI=1S/C9H9F3/c1-6-3-4-8(5-7(6)2)9(10,11)12/h3-4,6H,1-2H3. The first-order valence-electron chi connectivity index (χ1n) is 3.64. The van der Waals surface area contributed by atoms with Gasteiger partial charge in [-0.25, -0.2) is 0 Å². The Morgan fingerprint density at radius 1 is 1.42 bits per heavy atom. The van der Waals surface area contributed by atoms with Crippen molar-refractivity contribution in [3.8, 4) is 0 Å². The van der Waals surface area contributed by atoms with Crippen LogP contribution in [0, 0.1) is 5.92 Å². The molecule has 3 heteroatoms. The molecule has 0 aromatic heterocycles. The number of halogens is 3. The normalized spacial score (nSPS) is 23.6. The summed E-state index contributed by atoms with van der Waals surface area (Å²) in [7, 11) is 0. The molecule has 1 aliphatic rings. The zero-order valence-electron chi connectivity index (χ0n) is 6.87. The van der Waals surface area contributed by atoms with Gasteiger partial charge in [0.25, 0.3) is 0 Å². The van der Waals surface area contributed by atoms with Crippen molar-refractivity contribution in [1.29, 1.82) is 0 Å². The summed E-state index contributed by atoms with van der Waals surface area (Å²) < 4.78 is 36.2. The van der Waals surface area contributed by atoms with Crippen LogP contribution in [0.4, 0.5) is 13.2 Å². The second-order valence-corrected chi connectivity index (χ2v) is 2.87. The molecule has 0 radical (unpaired) electrons. The second-order valence-electron chi connectivity index (χ2n) is 2.87. The van der Waals surface area contributed by atoms with E-state index in [4.69, 9.17) is 0 Å². The van der Waals surface area contributed by atoms with Crippen LogP contribution in [0.15, 0.2) is 29.0 Å². The molecule has 0 aliphatic heterocycles. The van der Waals surface area contributed by atoms with Crippen LogP contribution in [0.5, 0.6) is 0 Å². The fraction of sp³-hybridized carbons (Fsp3) is 0.444. The lowest BCUT2D eigenvalue weighted by atomic mass is 9.97. The van der Waals surface area contributed by atoms with E-state index in [1.165, 1.54) is 6.08 Å². The molecule has 0 nitrogen and oxygen atoms in total. The summed E-state index contributed by atoms with van der Waals surface area (Å²) >= 11 is 0. The topological polar surface area (TPSA) is 0 Å². The Balaban J connectivity index is 3.10. The summed E-state index contributed by atoms with van der Waals surface area (Å²) in [6, 6.07) is 0. The van der Waals surface area contributed by atoms with Crippen molar-refractivity contribution in [3.63, 3.8) is 0 Å². The summed E-state index contributed by atoms with van der Waals surface area (Å²) in [5.41, 5.74) is 2.27. The van der Waals surface area contributed by atoms with Gasteiger partial charge in [0.1, 0.15) is 0 Å². The van der Waals surface area contributed by atoms with E-state index in [-0.39, 0.29) is 5.92 Å². The lowest BCUT2D eigenvalue weighted by Gasteiger charge is -2.12. The molecule has 0 bridgehead atoms. The van der Waals surface area contributed by atoms with Crippen LogP contribution in [0.2, 0.25) is 0 Å². The zero-order valence-corrected chi connectivity index (χ0v) is 6.87. The van der Waals surface area contributed by atoms with Crippen molar-refractivity contribution in [2.75, 3.05) is 0 Å². The second kappa shape index (κ2) is 2.83. The van der Waals surface area contributed by atoms with Gasteiger partial charge in [0.05, 0.1) is 5.57 Å². The Labute approximate surface area is 69.1 Å². The van der Waals surface area contributed by atoms with E-state index in [2.05, 4.69) is 5.73 Å². The van der Waals surface area contributed by atoms with Gasteiger partial charge in [0, 0.05) is 5.92 Å². The summed E-state index contributed by atoms with van der Waals surface area (Å²) in [5.74, 6) is 0.0658. The number of rotatable bonds is 0. The van der Waals surface area contributed by atoms with Gasteiger partial charge in [-0.2, -0.15) is 13.2 Å². The third kappa shape index (κ3) is 1.80. The maximum atomic E-state index is 12.1. The molecule has 0 heterocycles. The van der Waals surface area contributed by atoms with E-state index in [1.54, 1.807) is 6.92 Å². The van der Waals surface area contributed by atoms with Gasteiger partial charge < -0.3 is 0 Å². The minimum absolute atomic E-state index is 0.0658. The van der Waals surface area contributed by atoms with E-state index in [0.717, 1.165) is 6.08 Å². The molecule has 0 aromatic carbocycles. The molecule has 1 unspecified atom stereocenters. The van der Waals surface area contributed by atoms with Gasteiger partial charge in [-0.3, -0.25) is 0 Å². The third-order valence-electron chi connectivity index (χ3n) is 1.87. The summed E-state index contributed by atoms with van der Waals surface area (Å²) in [6.07, 6.45) is -1.65. The fourth-order valence-electron chi connectivity index (χ4n) is 0.918. The molecule has 0 saturated carbocycles. The fourth-order valence-corrected chi connectivity index (χ4v) is 0.918. The first kappa shape index (κ1) is 9.14. The molecule has 0 saturated heterocycles. The molecule has 0 aromatic rings. The first-order valence-corrected chi connectivity index (χ1v) is 3.64. The molecule has 0 spiro atoms. The van der Waals surface area contributed by atoms with Crippen LogP contribution < -0.4 is 0 Å². The van der Waals surface area contributed by atoms with Crippen LogP contribution in [0.3, 0.4) is 0 Å². The van der Waals surface area contributed by atoms with Gasteiger partial charge >= 0.3 is 6.18 Å². The lowest BCUT2D eigenvalue weighted by molar-refractivity contribution is -0.0881. The van der Waals surface area contributed by atoms with Crippen LogP contribution in [-0.2, 0) is 0 Å².